The Hall–Kier alpha value is -1.07. The lowest BCUT2D eigenvalue weighted by Gasteiger charge is -2.15. The molecule has 0 heterocycles. The van der Waals surface area contributed by atoms with Crippen LogP contribution in [0.3, 0.4) is 0 Å². The van der Waals surface area contributed by atoms with Crippen LogP contribution in [0.25, 0.3) is 0 Å². The molecule has 0 aliphatic heterocycles. The second kappa shape index (κ2) is 6.75. The zero-order chi connectivity index (χ0) is 13.7. The van der Waals surface area contributed by atoms with E-state index >= 15 is 0 Å². The van der Waals surface area contributed by atoms with E-state index in [4.69, 9.17) is 15.6 Å². The molecular formula is C13H18BrNO3. The highest BCUT2D eigenvalue weighted by molar-refractivity contribution is 9.10. The number of aliphatic carboxylic acids is 1. The molecule has 0 aliphatic carbocycles. The van der Waals surface area contributed by atoms with E-state index in [0.29, 0.717) is 12.2 Å². The van der Waals surface area contributed by atoms with Crippen molar-refractivity contribution in [1.82, 2.24) is 0 Å². The van der Waals surface area contributed by atoms with Crippen LogP contribution in [0.15, 0.2) is 22.7 Å². The molecule has 0 saturated heterocycles. The molecule has 4 nitrogen and oxygen atoms in total. The third kappa shape index (κ3) is 4.31. The standard InChI is InChI=1S/C13H18BrNO3/c1-3-11(13(16)17)18-12-5-4-9(6-8(2)15)7-10(12)14/h4-5,7-8,11H,3,6,15H2,1-2H3,(H,16,17). The number of nitrogens with two attached hydrogens (primary N) is 1. The zero-order valence-corrected chi connectivity index (χ0v) is 12.1. The fourth-order valence-electron chi connectivity index (χ4n) is 1.60. The lowest BCUT2D eigenvalue weighted by molar-refractivity contribution is -0.145. The summed E-state index contributed by atoms with van der Waals surface area (Å²) in [5.74, 6) is -0.415. The van der Waals surface area contributed by atoms with Crippen LogP contribution >= 0.6 is 15.9 Å². The van der Waals surface area contributed by atoms with Gasteiger partial charge in [-0.3, -0.25) is 0 Å². The topological polar surface area (TPSA) is 72.5 Å². The van der Waals surface area contributed by atoms with Gasteiger partial charge in [0.05, 0.1) is 4.47 Å². The minimum absolute atomic E-state index is 0.0890. The lowest BCUT2D eigenvalue weighted by atomic mass is 10.1. The predicted molar refractivity (Wildman–Crippen MR) is 73.8 cm³/mol. The first-order valence-electron chi connectivity index (χ1n) is 5.87. The Kier molecular flexibility index (Phi) is 5.62. The Morgan fingerprint density at radius 2 is 2.22 bits per heavy atom. The van der Waals surface area contributed by atoms with Crippen molar-refractivity contribution in [3.8, 4) is 5.75 Å². The maximum atomic E-state index is 10.9. The summed E-state index contributed by atoms with van der Waals surface area (Å²) in [5.41, 5.74) is 6.82. The van der Waals surface area contributed by atoms with E-state index in [9.17, 15) is 4.79 Å². The summed E-state index contributed by atoms with van der Waals surface area (Å²) < 4.78 is 6.19. The molecule has 1 aromatic carbocycles. The van der Waals surface area contributed by atoms with E-state index in [1.807, 2.05) is 19.1 Å². The van der Waals surface area contributed by atoms with E-state index < -0.39 is 12.1 Å². The highest BCUT2D eigenvalue weighted by Crippen LogP contribution is 2.27. The highest BCUT2D eigenvalue weighted by atomic mass is 79.9. The van der Waals surface area contributed by atoms with E-state index in [-0.39, 0.29) is 6.04 Å². The van der Waals surface area contributed by atoms with Gasteiger partial charge in [-0.15, -0.1) is 0 Å². The van der Waals surface area contributed by atoms with Gasteiger partial charge in [-0.05, 0) is 53.4 Å². The summed E-state index contributed by atoms with van der Waals surface area (Å²) in [6.07, 6.45) is 0.374. The van der Waals surface area contributed by atoms with Crippen molar-refractivity contribution in [2.75, 3.05) is 0 Å². The minimum atomic E-state index is -0.955. The van der Waals surface area contributed by atoms with Crippen LogP contribution in [0, 0.1) is 0 Å². The smallest absolute Gasteiger partial charge is 0.344 e. The summed E-state index contributed by atoms with van der Waals surface area (Å²) in [4.78, 5) is 10.9. The summed E-state index contributed by atoms with van der Waals surface area (Å²) in [6, 6.07) is 5.67. The van der Waals surface area contributed by atoms with Gasteiger partial charge in [-0.2, -0.15) is 0 Å². The van der Waals surface area contributed by atoms with E-state index in [1.165, 1.54) is 0 Å². The number of carboxylic acids is 1. The van der Waals surface area contributed by atoms with Crippen molar-refractivity contribution < 1.29 is 14.6 Å². The van der Waals surface area contributed by atoms with Crippen molar-refractivity contribution in [3.63, 3.8) is 0 Å². The quantitative estimate of drug-likeness (QED) is 0.846. The number of hydrogen-bond donors (Lipinski definition) is 2. The molecule has 100 valence electrons. The van der Waals surface area contributed by atoms with Gasteiger partial charge in [0, 0.05) is 6.04 Å². The molecule has 0 spiro atoms. The van der Waals surface area contributed by atoms with Crippen LogP contribution in [-0.4, -0.2) is 23.2 Å². The van der Waals surface area contributed by atoms with Crippen LogP contribution in [-0.2, 0) is 11.2 Å². The van der Waals surface area contributed by atoms with Crippen LogP contribution in [0.4, 0.5) is 0 Å². The first-order valence-corrected chi connectivity index (χ1v) is 6.66. The second-order valence-corrected chi connectivity index (χ2v) is 5.15. The van der Waals surface area contributed by atoms with Crippen LogP contribution in [0.2, 0.25) is 0 Å². The molecule has 1 aromatic rings. The monoisotopic (exact) mass is 315 g/mol. The molecule has 0 radical (unpaired) electrons. The summed E-state index contributed by atoms with van der Waals surface area (Å²) in [6.45, 7) is 3.72. The molecule has 5 heteroatoms. The van der Waals surface area contributed by atoms with Crippen molar-refractivity contribution in [2.45, 2.75) is 38.8 Å². The number of rotatable bonds is 6. The largest absolute Gasteiger partial charge is 0.479 e. The third-order valence-corrected chi connectivity index (χ3v) is 3.09. The molecule has 0 bridgehead atoms. The molecule has 0 saturated carbocycles. The maximum absolute atomic E-state index is 10.9. The molecule has 3 N–H and O–H groups in total. The number of carboxylic acid groups (broad SMARTS) is 1. The molecule has 2 atom stereocenters. The van der Waals surface area contributed by atoms with Crippen molar-refractivity contribution in [1.29, 1.82) is 0 Å². The van der Waals surface area contributed by atoms with E-state index in [1.54, 1.807) is 13.0 Å². The normalized spacial score (nSPS) is 14.0. The fraction of sp³-hybridized carbons (Fsp3) is 0.462. The number of benzene rings is 1. The van der Waals surface area contributed by atoms with E-state index in [0.717, 1.165) is 16.5 Å². The van der Waals surface area contributed by atoms with Crippen molar-refractivity contribution >= 4 is 21.9 Å². The number of hydrogen-bond acceptors (Lipinski definition) is 3. The van der Waals surface area contributed by atoms with Gasteiger partial charge < -0.3 is 15.6 Å². The first kappa shape index (κ1) is 15.0. The van der Waals surface area contributed by atoms with Gasteiger partial charge in [0.15, 0.2) is 6.10 Å². The molecule has 0 amide bonds. The van der Waals surface area contributed by atoms with Gasteiger partial charge in [0.2, 0.25) is 0 Å². The molecule has 1 rings (SSSR count). The zero-order valence-electron chi connectivity index (χ0n) is 10.5. The molecule has 0 aliphatic rings. The van der Waals surface area contributed by atoms with Crippen LogP contribution < -0.4 is 10.5 Å². The number of carbonyl (C=O) groups is 1. The van der Waals surface area contributed by atoms with E-state index in [2.05, 4.69) is 15.9 Å². The van der Waals surface area contributed by atoms with Gasteiger partial charge in [0.25, 0.3) is 0 Å². The Bertz CT molecular complexity index is 421. The fourth-order valence-corrected chi connectivity index (χ4v) is 2.12. The second-order valence-electron chi connectivity index (χ2n) is 4.30. The van der Waals surface area contributed by atoms with Gasteiger partial charge in [-0.1, -0.05) is 13.0 Å². The Morgan fingerprint density at radius 3 is 2.67 bits per heavy atom. The Balaban J connectivity index is 2.82. The lowest BCUT2D eigenvalue weighted by Crippen LogP contribution is -2.26. The summed E-state index contributed by atoms with van der Waals surface area (Å²) in [5, 5.41) is 8.94. The summed E-state index contributed by atoms with van der Waals surface area (Å²) >= 11 is 3.39. The van der Waals surface area contributed by atoms with Gasteiger partial charge >= 0.3 is 5.97 Å². The van der Waals surface area contributed by atoms with Crippen molar-refractivity contribution in [3.05, 3.63) is 28.2 Å². The molecule has 0 aromatic heterocycles. The highest BCUT2D eigenvalue weighted by Gasteiger charge is 2.18. The number of halogens is 1. The average molecular weight is 316 g/mol. The van der Waals surface area contributed by atoms with Crippen LogP contribution in [0.1, 0.15) is 25.8 Å². The Morgan fingerprint density at radius 1 is 1.56 bits per heavy atom. The minimum Gasteiger partial charge on any atom is -0.479 e. The number of ether oxygens (including phenoxy) is 1. The first-order chi connectivity index (χ1) is 8.43. The Labute approximate surface area is 115 Å². The van der Waals surface area contributed by atoms with Gasteiger partial charge in [0.1, 0.15) is 5.75 Å². The summed E-state index contributed by atoms with van der Waals surface area (Å²) in [7, 11) is 0. The maximum Gasteiger partial charge on any atom is 0.344 e. The average Bonchev–Trinajstić information content (AvgIpc) is 2.26. The molecule has 0 fully saturated rings. The van der Waals surface area contributed by atoms with Crippen LogP contribution in [0.5, 0.6) is 5.75 Å². The molecular weight excluding hydrogens is 298 g/mol. The molecule has 2 unspecified atom stereocenters. The van der Waals surface area contributed by atoms with Crippen molar-refractivity contribution in [2.24, 2.45) is 5.73 Å². The third-order valence-electron chi connectivity index (χ3n) is 2.47. The molecule has 18 heavy (non-hydrogen) atoms. The predicted octanol–water partition coefficient (Wildman–Crippen LogP) is 2.58. The SMILES string of the molecule is CCC(Oc1ccc(CC(C)N)cc1Br)C(=O)O. The van der Waals surface area contributed by atoms with Gasteiger partial charge in [-0.25, -0.2) is 4.79 Å².